The number of phenols is 2. The predicted octanol–water partition coefficient (Wildman–Crippen LogP) is 5.60. The van der Waals surface area contributed by atoms with Gasteiger partial charge in [0, 0.05) is 0 Å². The smallest absolute Gasteiger partial charge is 0.119 e. The number of benzene rings is 2. The minimum absolute atomic E-state index is 0.0331. The first kappa shape index (κ1) is 18.1. The summed E-state index contributed by atoms with van der Waals surface area (Å²) in [5, 5.41) is 18.9. The Morgan fingerprint density at radius 1 is 0.864 bits per heavy atom. The van der Waals surface area contributed by atoms with Gasteiger partial charge >= 0.3 is 0 Å². The highest BCUT2D eigenvalue weighted by Crippen LogP contribution is 2.29. The third-order valence-electron chi connectivity index (χ3n) is 3.79. The molecule has 1 unspecified atom stereocenters. The first-order valence-corrected chi connectivity index (χ1v) is 7.83. The van der Waals surface area contributed by atoms with E-state index < -0.39 is 0 Å². The second-order valence-electron chi connectivity index (χ2n) is 6.64. The van der Waals surface area contributed by atoms with E-state index in [0.717, 1.165) is 17.5 Å². The standard InChI is InChI=1S/2C10H14O/c1-10(2,3)8-6-4-5-7-9(8)11;1-3-8(2)9-6-4-5-7-10(9)11/h4-7,11H,1-3H3;4-8,11H,3H2,1-2H3. The second kappa shape index (κ2) is 7.88. The largest absolute Gasteiger partial charge is 0.508 e. The Hall–Kier alpha value is -1.96. The summed E-state index contributed by atoms with van der Waals surface area (Å²) in [6.45, 7) is 10.5. The zero-order chi connectivity index (χ0) is 16.8. The summed E-state index contributed by atoms with van der Waals surface area (Å²) in [6.07, 6.45) is 1.07. The van der Waals surface area contributed by atoms with Gasteiger partial charge in [-0.25, -0.2) is 0 Å². The lowest BCUT2D eigenvalue weighted by molar-refractivity contribution is 0.447. The minimum Gasteiger partial charge on any atom is -0.508 e. The van der Waals surface area contributed by atoms with Crippen molar-refractivity contribution in [3.63, 3.8) is 0 Å². The molecule has 2 heteroatoms. The van der Waals surface area contributed by atoms with Gasteiger partial charge in [-0.1, -0.05) is 71.0 Å². The molecule has 0 aliphatic carbocycles. The van der Waals surface area contributed by atoms with Gasteiger partial charge in [-0.2, -0.15) is 0 Å². The molecule has 2 nitrogen and oxygen atoms in total. The normalized spacial score (nSPS) is 12.2. The molecule has 0 aliphatic rings. The van der Waals surface area contributed by atoms with Crippen LogP contribution in [0.2, 0.25) is 0 Å². The fraction of sp³-hybridized carbons (Fsp3) is 0.400. The molecule has 2 aromatic carbocycles. The van der Waals surface area contributed by atoms with Crippen LogP contribution in [0, 0.1) is 0 Å². The van der Waals surface area contributed by atoms with Crippen molar-refractivity contribution in [3.05, 3.63) is 59.7 Å². The Kier molecular flexibility index (Phi) is 6.48. The zero-order valence-electron chi connectivity index (χ0n) is 14.3. The van der Waals surface area contributed by atoms with Crippen LogP contribution in [0.15, 0.2) is 48.5 Å². The Morgan fingerprint density at radius 2 is 1.36 bits per heavy atom. The summed E-state index contributed by atoms with van der Waals surface area (Å²) in [6, 6.07) is 15.0. The molecule has 0 radical (unpaired) electrons. The molecule has 2 rings (SSSR count). The van der Waals surface area contributed by atoms with Crippen LogP contribution in [0.4, 0.5) is 0 Å². The quantitative estimate of drug-likeness (QED) is 0.758. The summed E-state index contributed by atoms with van der Waals surface area (Å²) in [7, 11) is 0. The lowest BCUT2D eigenvalue weighted by Crippen LogP contribution is -2.10. The van der Waals surface area contributed by atoms with Crippen LogP contribution in [0.5, 0.6) is 11.5 Å². The second-order valence-corrected chi connectivity index (χ2v) is 6.64. The summed E-state index contributed by atoms with van der Waals surface area (Å²) >= 11 is 0. The van der Waals surface area contributed by atoms with E-state index in [-0.39, 0.29) is 5.41 Å². The molecule has 2 N–H and O–H groups in total. The lowest BCUT2D eigenvalue weighted by Gasteiger charge is -2.19. The molecular weight excluding hydrogens is 272 g/mol. The molecule has 0 heterocycles. The highest BCUT2D eigenvalue weighted by molar-refractivity contribution is 5.36. The Labute approximate surface area is 134 Å². The summed E-state index contributed by atoms with van der Waals surface area (Å²) in [5.74, 6) is 1.26. The molecule has 1 atom stereocenters. The van der Waals surface area contributed by atoms with Crippen molar-refractivity contribution < 1.29 is 10.2 Å². The molecule has 0 aliphatic heterocycles. The van der Waals surface area contributed by atoms with Gasteiger partial charge in [-0.15, -0.1) is 0 Å². The van der Waals surface area contributed by atoms with Crippen LogP contribution in [-0.2, 0) is 5.41 Å². The van der Waals surface area contributed by atoms with Crippen LogP contribution in [0.25, 0.3) is 0 Å². The number of hydrogen-bond donors (Lipinski definition) is 2. The van der Waals surface area contributed by atoms with Gasteiger partial charge in [0.05, 0.1) is 0 Å². The molecule has 0 spiro atoms. The van der Waals surface area contributed by atoms with Crippen molar-refractivity contribution in [3.8, 4) is 11.5 Å². The third kappa shape index (κ3) is 5.10. The Morgan fingerprint density at radius 3 is 1.77 bits per heavy atom. The average molecular weight is 300 g/mol. The van der Waals surface area contributed by atoms with E-state index in [1.807, 2.05) is 36.4 Å². The lowest BCUT2D eigenvalue weighted by atomic mass is 9.86. The van der Waals surface area contributed by atoms with Gasteiger partial charge < -0.3 is 10.2 Å². The van der Waals surface area contributed by atoms with E-state index in [1.54, 1.807) is 12.1 Å². The van der Waals surface area contributed by atoms with E-state index in [4.69, 9.17) is 0 Å². The van der Waals surface area contributed by atoms with Crippen molar-refractivity contribution >= 4 is 0 Å². The van der Waals surface area contributed by atoms with Gasteiger partial charge in [0.25, 0.3) is 0 Å². The van der Waals surface area contributed by atoms with Crippen LogP contribution >= 0.6 is 0 Å². The maximum absolute atomic E-state index is 9.45. The maximum Gasteiger partial charge on any atom is 0.119 e. The highest BCUT2D eigenvalue weighted by Gasteiger charge is 2.16. The third-order valence-corrected chi connectivity index (χ3v) is 3.79. The highest BCUT2D eigenvalue weighted by atomic mass is 16.3. The van der Waals surface area contributed by atoms with Crippen molar-refractivity contribution in [2.75, 3.05) is 0 Å². The molecular formula is C20H28O2. The maximum atomic E-state index is 9.45. The first-order valence-electron chi connectivity index (χ1n) is 7.83. The average Bonchev–Trinajstić information content (AvgIpc) is 2.47. The fourth-order valence-corrected chi connectivity index (χ4v) is 2.23. The number of para-hydroxylation sites is 2. The SMILES string of the molecule is CC(C)(C)c1ccccc1O.CCC(C)c1ccccc1O. The first-order chi connectivity index (χ1) is 10.3. The van der Waals surface area contributed by atoms with E-state index in [0.29, 0.717) is 17.4 Å². The fourth-order valence-electron chi connectivity index (χ4n) is 2.23. The molecule has 0 fully saturated rings. The van der Waals surface area contributed by atoms with Crippen molar-refractivity contribution in [2.24, 2.45) is 0 Å². The van der Waals surface area contributed by atoms with Gasteiger partial charge in [-0.05, 0) is 41.0 Å². The van der Waals surface area contributed by atoms with Gasteiger partial charge in [-0.3, -0.25) is 0 Å². The van der Waals surface area contributed by atoms with Gasteiger partial charge in [0.2, 0.25) is 0 Å². The molecule has 0 bridgehead atoms. The van der Waals surface area contributed by atoms with Crippen molar-refractivity contribution in [2.45, 2.75) is 52.4 Å². The molecule has 120 valence electrons. The molecule has 0 saturated carbocycles. The van der Waals surface area contributed by atoms with Crippen LogP contribution in [0.3, 0.4) is 0 Å². The molecule has 0 amide bonds. The van der Waals surface area contributed by atoms with E-state index >= 15 is 0 Å². The zero-order valence-corrected chi connectivity index (χ0v) is 14.3. The summed E-state index contributed by atoms with van der Waals surface area (Å²) in [5.41, 5.74) is 2.08. The van der Waals surface area contributed by atoms with Crippen molar-refractivity contribution in [1.29, 1.82) is 0 Å². The van der Waals surface area contributed by atoms with Gasteiger partial charge in [0.15, 0.2) is 0 Å². The number of rotatable bonds is 2. The van der Waals surface area contributed by atoms with Crippen LogP contribution < -0.4 is 0 Å². The van der Waals surface area contributed by atoms with E-state index in [9.17, 15) is 10.2 Å². The molecule has 2 aromatic rings. The van der Waals surface area contributed by atoms with E-state index in [2.05, 4.69) is 34.6 Å². The van der Waals surface area contributed by atoms with Gasteiger partial charge in [0.1, 0.15) is 11.5 Å². The monoisotopic (exact) mass is 300 g/mol. The molecule has 0 aromatic heterocycles. The Bertz CT molecular complexity index is 582. The van der Waals surface area contributed by atoms with Crippen molar-refractivity contribution in [1.82, 2.24) is 0 Å². The Balaban J connectivity index is 0.000000220. The topological polar surface area (TPSA) is 40.5 Å². The molecule has 22 heavy (non-hydrogen) atoms. The molecule has 0 saturated heterocycles. The van der Waals surface area contributed by atoms with Crippen LogP contribution in [-0.4, -0.2) is 10.2 Å². The number of aromatic hydroxyl groups is 2. The number of hydrogen-bond acceptors (Lipinski definition) is 2. The summed E-state index contributed by atoms with van der Waals surface area (Å²) < 4.78 is 0. The number of phenolic OH excluding ortho intramolecular Hbond substituents is 2. The predicted molar refractivity (Wildman–Crippen MR) is 93.6 cm³/mol. The minimum atomic E-state index is 0.0331. The van der Waals surface area contributed by atoms with E-state index in [1.165, 1.54) is 0 Å². The summed E-state index contributed by atoms with van der Waals surface area (Å²) in [4.78, 5) is 0. The van der Waals surface area contributed by atoms with Crippen LogP contribution in [0.1, 0.15) is 58.1 Å².